The number of carboxylic acid groups (broad SMARTS) is 3. The molecule has 1 aliphatic carbocycles. The van der Waals surface area contributed by atoms with E-state index in [0.717, 1.165) is 6.07 Å². The Hall–Kier alpha value is -3.82. The Labute approximate surface area is 144 Å². The Morgan fingerprint density at radius 3 is 2.27 bits per heavy atom. The van der Waals surface area contributed by atoms with Crippen LogP contribution in [0.1, 0.15) is 49.7 Å². The molecule has 2 aliphatic rings. The summed E-state index contributed by atoms with van der Waals surface area (Å²) in [4.78, 5) is 62.4. The van der Waals surface area contributed by atoms with Gasteiger partial charge in [0.25, 0.3) is 5.78 Å². The SMILES string of the molecule is O=C(O)C1=CCCC2=C(N1)c1c(C(=O)O)cc(C(=O)O)nc1C(=O)C2=O. The molecule has 1 aliphatic heterocycles. The predicted octanol–water partition coefficient (Wildman–Crippen LogP) is 0.306. The normalized spacial score (nSPS) is 16.1. The Bertz CT molecular complexity index is 986. The van der Waals surface area contributed by atoms with Crippen LogP contribution >= 0.6 is 0 Å². The van der Waals surface area contributed by atoms with Crippen LogP contribution < -0.4 is 5.32 Å². The molecule has 0 bridgehead atoms. The largest absolute Gasteiger partial charge is 0.478 e. The summed E-state index contributed by atoms with van der Waals surface area (Å²) in [5, 5.41) is 30.2. The van der Waals surface area contributed by atoms with E-state index in [1.807, 2.05) is 0 Å². The second-order valence-electron chi connectivity index (χ2n) is 5.49. The van der Waals surface area contributed by atoms with Crippen LogP contribution in [-0.2, 0) is 9.59 Å². The second kappa shape index (κ2) is 5.92. The van der Waals surface area contributed by atoms with Crippen molar-refractivity contribution in [2.75, 3.05) is 0 Å². The van der Waals surface area contributed by atoms with Crippen molar-refractivity contribution in [3.8, 4) is 0 Å². The first-order valence-corrected chi connectivity index (χ1v) is 7.27. The van der Waals surface area contributed by atoms with Gasteiger partial charge in [0.1, 0.15) is 17.1 Å². The Kier molecular flexibility index (Phi) is 3.87. The van der Waals surface area contributed by atoms with Crippen LogP contribution in [0.5, 0.6) is 0 Å². The summed E-state index contributed by atoms with van der Waals surface area (Å²) in [5.41, 5.74) is -2.73. The third kappa shape index (κ3) is 2.53. The summed E-state index contributed by atoms with van der Waals surface area (Å²) in [5.74, 6) is -6.57. The van der Waals surface area contributed by atoms with Gasteiger partial charge < -0.3 is 20.6 Å². The summed E-state index contributed by atoms with van der Waals surface area (Å²) in [7, 11) is 0. The molecule has 0 amide bonds. The van der Waals surface area contributed by atoms with Crippen LogP contribution in [0.3, 0.4) is 0 Å². The van der Waals surface area contributed by atoms with E-state index >= 15 is 0 Å². The minimum Gasteiger partial charge on any atom is -0.478 e. The third-order valence-corrected chi connectivity index (χ3v) is 3.95. The lowest BCUT2D eigenvalue weighted by Crippen LogP contribution is -2.32. The lowest BCUT2D eigenvalue weighted by atomic mass is 9.86. The van der Waals surface area contributed by atoms with Crippen molar-refractivity contribution in [1.29, 1.82) is 0 Å². The molecule has 1 aromatic heterocycles. The molecule has 10 heteroatoms. The summed E-state index contributed by atoms with van der Waals surface area (Å²) >= 11 is 0. The number of rotatable bonds is 3. The molecule has 0 aromatic carbocycles. The van der Waals surface area contributed by atoms with Crippen molar-refractivity contribution in [1.82, 2.24) is 10.3 Å². The van der Waals surface area contributed by atoms with Gasteiger partial charge in [0.15, 0.2) is 0 Å². The fourth-order valence-electron chi connectivity index (χ4n) is 2.81. The van der Waals surface area contributed by atoms with Gasteiger partial charge in [0, 0.05) is 11.1 Å². The van der Waals surface area contributed by atoms with Gasteiger partial charge in [-0.15, -0.1) is 0 Å². The average molecular weight is 358 g/mol. The first-order chi connectivity index (χ1) is 12.2. The molecule has 132 valence electrons. The predicted molar refractivity (Wildman–Crippen MR) is 82.5 cm³/mol. The lowest BCUT2D eigenvalue weighted by molar-refractivity contribution is -0.133. The summed E-state index contributed by atoms with van der Waals surface area (Å²) < 4.78 is 0. The highest BCUT2D eigenvalue weighted by molar-refractivity contribution is 6.52. The number of nitrogens with one attached hydrogen (secondary N) is 1. The molecule has 0 radical (unpaired) electrons. The number of pyridine rings is 1. The zero-order chi connectivity index (χ0) is 19.2. The highest BCUT2D eigenvalue weighted by atomic mass is 16.4. The van der Waals surface area contributed by atoms with E-state index in [1.54, 1.807) is 0 Å². The molecule has 10 nitrogen and oxygen atoms in total. The van der Waals surface area contributed by atoms with Gasteiger partial charge in [-0.05, 0) is 18.9 Å². The van der Waals surface area contributed by atoms with Crippen LogP contribution in [0.4, 0.5) is 0 Å². The number of allylic oxidation sites excluding steroid dienone is 2. The topological polar surface area (TPSA) is 171 Å². The number of ketones is 2. The van der Waals surface area contributed by atoms with Crippen molar-refractivity contribution < 1.29 is 39.3 Å². The molecule has 26 heavy (non-hydrogen) atoms. The minimum atomic E-state index is -1.57. The van der Waals surface area contributed by atoms with Crippen LogP contribution in [0.2, 0.25) is 0 Å². The number of nitrogens with zero attached hydrogens (tertiary/aromatic N) is 1. The van der Waals surface area contributed by atoms with Crippen LogP contribution in [0.15, 0.2) is 23.4 Å². The molecule has 0 spiro atoms. The standard InChI is InChI=1S/C16H10N2O8/c19-12-5-2-1-3-7(15(23)24)17-10(5)9-6(14(21)22)4-8(16(25)26)18-11(9)13(12)20/h3-4,17H,1-2H2,(H,21,22)(H,23,24)(H,25,26). The minimum absolute atomic E-state index is 0.0167. The monoisotopic (exact) mass is 358 g/mol. The molecule has 0 fully saturated rings. The molecule has 2 heterocycles. The number of aromatic nitrogens is 1. The summed E-state index contributed by atoms with van der Waals surface area (Å²) in [6, 6.07) is 0.758. The number of hydrogen-bond acceptors (Lipinski definition) is 7. The smallest absolute Gasteiger partial charge is 0.354 e. The number of hydrogen-bond donors (Lipinski definition) is 4. The van der Waals surface area contributed by atoms with Crippen molar-refractivity contribution in [2.45, 2.75) is 12.8 Å². The van der Waals surface area contributed by atoms with Crippen LogP contribution in [-0.4, -0.2) is 49.8 Å². The fraction of sp³-hybridized carbons (Fsp3) is 0.125. The maximum Gasteiger partial charge on any atom is 0.354 e. The quantitative estimate of drug-likeness (QED) is 0.551. The van der Waals surface area contributed by atoms with E-state index in [4.69, 9.17) is 5.11 Å². The van der Waals surface area contributed by atoms with Gasteiger partial charge >= 0.3 is 17.9 Å². The molecular weight excluding hydrogens is 348 g/mol. The van der Waals surface area contributed by atoms with Crippen LogP contribution in [0.25, 0.3) is 5.70 Å². The van der Waals surface area contributed by atoms with Crippen molar-refractivity contribution in [3.63, 3.8) is 0 Å². The number of carbonyl (C=O) groups excluding carboxylic acids is 2. The molecule has 1 aromatic rings. The van der Waals surface area contributed by atoms with Gasteiger partial charge in [-0.2, -0.15) is 0 Å². The third-order valence-electron chi connectivity index (χ3n) is 3.95. The number of aromatic carboxylic acids is 2. The summed E-state index contributed by atoms with van der Waals surface area (Å²) in [6.45, 7) is 0. The average Bonchev–Trinajstić information content (AvgIpc) is 2.81. The maximum absolute atomic E-state index is 12.4. The number of Topliss-reactive ketones (excluding diaryl/α,β-unsaturated/α-hetero) is 2. The molecular formula is C16H10N2O8. The molecule has 0 saturated carbocycles. The first-order valence-electron chi connectivity index (χ1n) is 7.27. The maximum atomic E-state index is 12.4. The highest BCUT2D eigenvalue weighted by Crippen LogP contribution is 2.34. The van der Waals surface area contributed by atoms with E-state index in [1.165, 1.54) is 6.08 Å². The highest BCUT2D eigenvalue weighted by Gasteiger charge is 2.38. The first kappa shape index (κ1) is 17.0. The Morgan fingerprint density at radius 2 is 1.69 bits per heavy atom. The van der Waals surface area contributed by atoms with E-state index < -0.39 is 46.4 Å². The molecule has 0 saturated heterocycles. The van der Waals surface area contributed by atoms with Crippen LogP contribution in [0, 0.1) is 0 Å². The molecule has 0 atom stereocenters. The van der Waals surface area contributed by atoms with E-state index in [2.05, 4.69) is 10.3 Å². The number of carbonyl (C=O) groups is 5. The van der Waals surface area contributed by atoms with Crippen molar-refractivity contribution in [2.24, 2.45) is 0 Å². The second-order valence-corrected chi connectivity index (χ2v) is 5.49. The number of carboxylic acids is 3. The lowest BCUT2D eigenvalue weighted by Gasteiger charge is -2.22. The van der Waals surface area contributed by atoms with Gasteiger partial charge in [-0.1, -0.05) is 6.08 Å². The fourth-order valence-corrected chi connectivity index (χ4v) is 2.81. The zero-order valence-electron chi connectivity index (χ0n) is 12.9. The van der Waals surface area contributed by atoms with Gasteiger partial charge in [-0.25, -0.2) is 19.4 Å². The van der Waals surface area contributed by atoms with E-state index in [9.17, 15) is 34.2 Å². The van der Waals surface area contributed by atoms with Crippen molar-refractivity contribution in [3.05, 3.63) is 45.9 Å². The van der Waals surface area contributed by atoms with E-state index in [0.29, 0.717) is 0 Å². The molecule has 0 unspecified atom stereocenters. The molecule has 4 N–H and O–H groups in total. The van der Waals surface area contributed by atoms with Gasteiger partial charge in [0.05, 0.1) is 11.3 Å². The molecule has 3 rings (SSSR count). The van der Waals surface area contributed by atoms with Gasteiger partial charge in [-0.3, -0.25) is 9.59 Å². The Balaban J connectivity index is 2.35. The van der Waals surface area contributed by atoms with Crippen molar-refractivity contribution >= 4 is 35.2 Å². The zero-order valence-corrected chi connectivity index (χ0v) is 12.9. The number of fused-ring (bicyclic) bond motifs is 2. The van der Waals surface area contributed by atoms with E-state index in [-0.39, 0.29) is 35.4 Å². The van der Waals surface area contributed by atoms with Gasteiger partial charge in [0.2, 0.25) is 5.78 Å². The Morgan fingerprint density at radius 1 is 1.00 bits per heavy atom. The number of aliphatic carboxylic acids is 1. The summed E-state index contributed by atoms with van der Waals surface area (Å²) in [6.07, 6.45) is 1.46.